The van der Waals surface area contributed by atoms with Crippen molar-refractivity contribution >= 4 is 34.7 Å². The van der Waals surface area contributed by atoms with E-state index >= 15 is 0 Å². The molecule has 1 aliphatic carbocycles. The number of benzene rings is 2. The number of amides is 2. The van der Waals surface area contributed by atoms with Crippen molar-refractivity contribution < 1.29 is 9.18 Å². The molecule has 0 saturated heterocycles. The van der Waals surface area contributed by atoms with E-state index in [1.807, 2.05) is 12.1 Å². The first-order valence-electron chi connectivity index (χ1n) is 7.00. The Hall–Kier alpha value is -2.27. The number of anilines is 3. The zero-order valence-corrected chi connectivity index (χ0v) is 12.5. The lowest BCUT2D eigenvalue weighted by atomic mass is 10.2. The third kappa shape index (κ3) is 3.89. The maximum Gasteiger partial charge on any atom is 0.319 e. The second kappa shape index (κ2) is 6.23. The largest absolute Gasteiger partial charge is 0.355 e. The molecule has 114 valence electrons. The first kappa shape index (κ1) is 14.7. The average molecular weight is 320 g/mol. The third-order valence-corrected chi connectivity index (χ3v) is 3.55. The van der Waals surface area contributed by atoms with Gasteiger partial charge in [-0.25, -0.2) is 9.18 Å². The van der Waals surface area contributed by atoms with Crippen LogP contribution < -0.4 is 16.0 Å². The summed E-state index contributed by atoms with van der Waals surface area (Å²) >= 11 is 5.74. The summed E-state index contributed by atoms with van der Waals surface area (Å²) in [6.45, 7) is 0. The molecule has 1 aliphatic rings. The van der Waals surface area contributed by atoms with Crippen LogP contribution in [0.2, 0.25) is 5.02 Å². The minimum Gasteiger partial charge on any atom is -0.355 e. The molecule has 22 heavy (non-hydrogen) atoms. The van der Waals surface area contributed by atoms with Crippen LogP contribution in [0.15, 0.2) is 42.5 Å². The number of hydrogen-bond acceptors (Lipinski definition) is 2. The molecule has 0 atom stereocenters. The molecule has 2 aromatic rings. The highest BCUT2D eigenvalue weighted by molar-refractivity contribution is 6.31. The summed E-state index contributed by atoms with van der Waals surface area (Å²) in [5, 5.41) is 8.81. The van der Waals surface area contributed by atoms with E-state index in [1.54, 1.807) is 18.2 Å². The van der Waals surface area contributed by atoms with Gasteiger partial charge in [-0.3, -0.25) is 0 Å². The Morgan fingerprint density at radius 3 is 2.32 bits per heavy atom. The van der Waals surface area contributed by atoms with E-state index in [4.69, 9.17) is 11.6 Å². The number of urea groups is 1. The second-order valence-corrected chi connectivity index (χ2v) is 5.61. The fourth-order valence-corrected chi connectivity index (χ4v) is 2.14. The first-order chi connectivity index (χ1) is 10.6. The molecule has 3 N–H and O–H groups in total. The summed E-state index contributed by atoms with van der Waals surface area (Å²) in [6, 6.07) is 11.8. The summed E-state index contributed by atoms with van der Waals surface area (Å²) in [5.41, 5.74) is 2.22. The van der Waals surface area contributed by atoms with E-state index in [-0.39, 0.29) is 11.1 Å². The lowest BCUT2D eigenvalue weighted by Gasteiger charge is -2.09. The smallest absolute Gasteiger partial charge is 0.319 e. The molecule has 0 heterocycles. The Kier molecular flexibility index (Phi) is 4.15. The van der Waals surface area contributed by atoms with Crippen molar-refractivity contribution in [1.82, 2.24) is 5.32 Å². The standard InChI is InChI=1S/C16H15ClFN3O/c17-14-9-13(7-8-15(14)18)19-10-1-3-11(4-2-10)20-16(22)21-12-5-6-12/h1-4,7-9,12,19H,5-6H2,(H2,20,21,22). The van der Waals surface area contributed by atoms with Gasteiger partial charge in [-0.1, -0.05) is 11.6 Å². The van der Waals surface area contributed by atoms with Gasteiger partial charge in [0, 0.05) is 23.1 Å². The highest BCUT2D eigenvalue weighted by Gasteiger charge is 2.23. The summed E-state index contributed by atoms with van der Waals surface area (Å²) in [7, 11) is 0. The van der Waals surface area contributed by atoms with Gasteiger partial charge in [0.25, 0.3) is 0 Å². The van der Waals surface area contributed by atoms with Crippen molar-refractivity contribution in [3.63, 3.8) is 0 Å². The van der Waals surface area contributed by atoms with Gasteiger partial charge in [0.1, 0.15) is 5.82 Å². The van der Waals surface area contributed by atoms with Crippen molar-refractivity contribution in [1.29, 1.82) is 0 Å². The Morgan fingerprint density at radius 1 is 1.05 bits per heavy atom. The molecule has 2 aromatic carbocycles. The van der Waals surface area contributed by atoms with Crippen molar-refractivity contribution in [2.75, 3.05) is 10.6 Å². The molecule has 0 spiro atoms. The van der Waals surface area contributed by atoms with Crippen LogP contribution >= 0.6 is 11.6 Å². The molecular formula is C16H15ClFN3O. The molecule has 1 saturated carbocycles. The Morgan fingerprint density at radius 2 is 1.68 bits per heavy atom. The Balaban J connectivity index is 1.60. The maximum absolute atomic E-state index is 13.1. The van der Waals surface area contributed by atoms with E-state index in [0.29, 0.717) is 17.4 Å². The third-order valence-electron chi connectivity index (χ3n) is 3.26. The normalized spacial score (nSPS) is 13.5. The SMILES string of the molecule is O=C(Nc1ccc(Nc2ccc(F)c(Cl)c2)cc1)NC1CC1. The number of hydrogen-bond donors (Lipinski definition) is 3. The summed E-state index contributed by atoms with van der Waals surface area (Å²) in [6.07, 6.45) is 2.10. The molecule has 6 heteroatoms. The number of halogens is 2. The van der Waals surface area contributed by atoms with Gasteiger partial charge in [0.2, 0.25) is 0 Å². The molecule has 4 nitrogen and oxygen atoms in total. The van der Waals surface area contributed by atoms with E-state index in [1.165, 1.54) is 12.1 Å². The van der Waals surface area contributed by atoms with Crippen LogP contribution in [0.4, 0.5) is 26.2 Å². The minimum absolute atomic E-state index is 0.0695. The van der Waals surface area contributed by atoms with E-state index in [2.05, 4.69) is 16.0 Å². The van der Waals surface area contributed by atoms with Gasteiger partial charge in [0.15, 0.2) is 0 Å². The number of carbonyl (C=O) groups excluding carboxylic acids is 1. The van der Waals surface area contributed by atoms with Gasteiger partial charge in [-0.15, -0.1) is 0 Å². The predicted molar refractivity (Wildman–Crippen MR) is 86.3 cm³/mol. The Bertz CT molecular complexity index is 686. The van der Waals surface area contributed by atoms with Crippen LogP contribution in [0.3, 0.4) is 0 Å². The molecule has 0 radical (unpaired) electrons. The second-order valence-electron chi connectivity index (χ2n) is 5.20. The minimum atomic E-state index is -0.451. The molecular weight excluding hydrogens is 305 g/mol. The maximum atomic E-state index is 13.1. The van der Waals surface area contributed by atoms with E-state index < -0.39 is 5.82 Å². The highest BCUT2D eigenvalue weighted by Crippen LogP contribution is 2.24. The summed E-state index contributed by atoms with van der Waals surface area (Å²) in [5.74, 6) is -0.451. The first-order valence-corrected chi connectivity index (χ1v) is 7.37. The van der Waals surface area contributed by atoms with Crippen molar-refractivity contribution in [2.45, 2.75) is 18.9 Å². The lowest BCUT2D eigenvalue weighted by molar-refractivity contribution is 0.251. The summed E-state index contributed by atoms with van der Waals surface area (Å²) in [4.78, 5) is 11.6. The van der Waals surface area contributed by atoms with E-state index in [9.17, 15) is 9.18 Å². The van der Waals surface area contributed by atoms with Gasteiger partial charge >= 0.3 is 6.03 Å². The quantitative estimate of drug-likeness (QED) is 0.776. The topological polar surface area (TPSA) is 53.2 Å². The van der Waals surface area contributed by atoms with Crippen molar-refractivity contribution in [3.8, 4) is 0 Å². The lowest BCUT2D eigenvalue weighted by Crippen LogP contribution is -2.30. The molecule has 2 amide bonds. The van der Waals surface area contributed by atoms with Crippen LogP contribution in [0.1, 0.15) is 12.8 Å². The zero-order chi connectivity index (χ0) is 15.5. The van der Waals surface area contributed by atoms with E-state index in [0.717, 1.165) is 18.5 Å². The number of carbonyl (C=O) groups is 1. The average Bonchev–Trinajstić information content (AvgIpc) is 3.29. The van der Waals surface area contributed by atoms with Crippen LogP contribution in [-0.2, 0) is 0 Å². The molecule has 3 rings (SSSR count). The molecule has 0 aromatic heterocycles. The van der Waals surface area contributed by atoms with Crippen LogP contribution in [0.5, 0.6) is 0 Å². The van der Waals surface area contributed by atoms with Crippen molar-refractivity contribution in [2.24, 2.45) is 0 Å². The fraction of sp³-hybridized carbons (Fsp3) is 0.188. The van der Waals surface area contributed by atoms with Gasteiger partial charge in [-0.05, 0) is 55.3 Å². The zero-order valence-electron chi connectivity index (χ0n) is 11.7. The predicted octanol–water partition coefficient (Wildman–Crippen LogP) is 4.51. The molecule has 0 aliphatic heterocycles. The highest BCUT2D eigenvalue weighted by atomic mass is 35.5. The summed E-state index contributed by atoms with van der Waals surface area (Å²) < 4.78 is 13.1. The van der Waals surface area contributed by atoms with Gasteiger partial charge in [-0.2, -0.15) is 0 Å². The van der Waals surface area contributed by atoms with Gasteiger partial charge < -0.3 is 16.0 Å². The van der Waals surface area contributed by atoms with Crippen LogP contribution in [0.25, 0.3) is 0 Å². The van der Waals surface area contributed by atoms with Crippen LogP contribution in [-0.4, -0.2) is 12.1 Å². The fourth-order valence-electron chi connectivity index (χ4n) is 1.96. The number of nitrogens with one attached hydrogen (secondary N) is 3. The van der Waals surface area contributed by atoms with Gasteiger partial charge in [0.05, 0.1) is 5.02 Å². The number of rotatable bonds is 4. The van der Waals surface area contributed by atoms with Crippen molar-refractivity contribution in [3.05, 3.63) is 53.3 Å². The molecule has 0 unspecified atom stereocenters. The van der Waals surface area contributed by atoms with Crippen LogP contribution in [0, 0.1) is 5.82 Å². The Labute approximate surface area is 132 Å². The molecule has 1 fully saturated rings. The molecule has 0 bridgehead atoms. The monoisotopic (exact) mass is 319 g/mol.